The van der Waals surface area contributed by atoms with Gasteiger partial charge >= 0.3 is 17.1 Å². The standard InChI is InChI=1S/C19H32O3Si.C5H5.Fe/c1-21-19(22-2)23-16-12-8-6-4-3-5-7-9-15-18(20)17-13-10-11-14-17;1-2-4-5-3-1;/h10-11,13-14,19-20H,3-9,12,15-16H2,1-2H3;1-5H;/q;-1;+2/p-1. The minimum atomic E-state index is -0.00825. The summed E-state index contributed by atoms with van der Waals surface area (Å²) in [5.74, 6) is 0.285. The number of ether oxygens (including phenoxy) is 2. The fourth-order valence-corrected chi connectivity index (χ4v) is 4.00. The van der Waals surface area contributed by atoms with Crippen LogP contribution >= 0.6 is 0 Å². The molecule has 1 aromatic carbocycles. The molecule has 0 saturated heterocycles. The van der Waals surface area contributed by atoms with E-state index in [4.69, 9.17) is 9.47 Å². The second kappa shape index (κ2) is 20.3. The number of unbranched alkanes of at least 4 members (excludes halogenated alkanes) is 7. The Morgan fingerprint density at radius 2 is 1.41 bits per heavy atom. The summed E-state index contributed by atoms with van der Waals surface area (Å²) in [5.41, 5.74) is 0.870. The molecule has 0 N–H and O–H groups in total. The summed E-state index contributed by atoms with van der Waals surface area (Å²) in [5, 5.41) is 11.8. The molecular formula is C24H36FeO3Si. The van der Waals surface area contributed by atoms with Crippen LogP contribution in [0, 0.1) is 0 Å². The predicted octanol–water partition coefficient (Wildman–Crippen LogP) is 5.34. The van der Waals surface area contributed by atoms with Crippen molar-refractivity contribution in [1.29, 1.82) is 0 Å². The first kappa shape index (κ1) is 28.0. The number of allylic oxidation sites excluding steroid dienone is 6. The zero-order valence-corrected chi connectivity index (χ0v) is 20.0. The first-order chi connectivity index (χ1) is 13.8. The summed E-state index contributed by atoms with van der Waals surface area (Å²) >= 11 is 0. The summed E-state index contributed by atoms with van der Waals surface area (Å²) in [4.78, 5) is 0. The Morgan fingerprint density at radius 3 is 1.90 bits per heavy atom. The van der Waals surface area contributed by atoms with E-state index >= 15 is 0 Å². The number of rotatable bonds is 14. The SMILES string of the molecule is COC(OC)[Si]CCCCCCCCCCC([O-])=C1C=CC=C1.[Fe+2].c1cc[cH-]c1. The summed E-state index contributed by atoms with van der Waals surface area (Å²) in [6, 6.07) is 11.2. The van der Waals surface area contributed by atoms with Gasteiger partial charge in [-0.05, 0) is 12.0 Å². The molecule has 0 spiro atoms. The van der Waals surface area contributed by atoms with Crippen LogP contribution in [0.4, 0.5) is 0 Å². The minimum absolute atomic E-state index is 0. The van der Waals surface area contributed by atoms with Gasteiger partial charge in [0.1, 0.15) is 15.4 Å². The number of hydrogen-bond donors (Lipinski definition) is 0. The Hall–Kier alpha value is -0.974. The van der Waals surface area contributed by atoms with Crippen molar-refractivity contribution in [2.45, 2.75) is 69.7 Å². The Bertz CT molecular complexity index is 517. The molecule has 1 aromatic rings. The Kier molecular flexibility index (Phi) is 19.6. The molecule has 2 rings (SSSR count). The van der Waals surface area contributed by atoms with Crippen LogP contribution in [0.5, 0.6) is 0 Å². The fourth-order valence-electron chi connectivity index (χ4n) is 2.98. The van der Waals surface area contributed by atoms with Crippen molar-refractivity contribution < 1.29 is 31.6 Å². The minimum Gasteiger partial charge on any atom is -0.875 e. The molecule has 0 bridgehead atoms. The molecule has 0 unspecified atom stereocenters. The molecule has 162 valence electrons. The Morgan fingerprint density at radius 1 is 0.897 bits per heavy atom. The third-order valence-electron chi connectivity index (χ3n) is 4.61. The molecule has 0 heterocycles. The Labute approximate surface area is 190 Å². The van der Waals surface area contributed by atoms with Gasteiger partial charge in [0.25, 0.3) is 0 Å². The van der Waals surface area contributed by atoms with Gasteiger partial charge in [-0.25, -0.2) is 12.1 Å². The molecule has 0 amide bonds. The van der Waals surface area contributed by atoms with E-state index in [-0.39, 0.29) is 23.0 Å². The van der Waals surface area contributed by atoms with Crippen LogP contribution < -0.4 is 5.11 Å². The van der Waals surface area contributed by atoms with Crippen molar-refractivity contribution in [2.75, 3.05) is 14.2 Å². The number of hydrogen-bond acceptors (Lipinski definition) is 3. The van der Waals surface area contributed by atoms with Crippen molar-refractivity contribution in [3.8, 4) is 0 Å². The van der Waals surface area contributed by atoms with Crippen molar-refractivity contribution in [1.82, 2.24) is 0 Å². The van der Waals surface area contributed by atoms with Crippen molar-refractivity contribution in [3.05, 3.63) is 66.0 Å². The summed E-state index contributed by atoms with van der Waals surface area (Å²) in [6.45, 7) is 0. The van der Waals surface area contributed by atoms with E-state index in [0.29, 0.717) is 12.2 Å². The fraction of sp³-hybridized carbons (Fsp3) is 0.542. The van der Waals surface area contributed by atoms with Crippen LogP contribution in [0.15, 0.2) is 66.0 Å². The first-order valence-electron chi connectivity index (χ1n) is 10.5. The summed E-state index contributed by atoms with van der Waals surface area (Å²) in [6.07, 6.45) is 18.4. The third kappa shape index (κ3) is 15.5. The molecule has 0 aromatic heterocycles. The maximum Gasteiger partial charge on any atom is 2.00 e. The average Bonchev–Trinajstić information content (AvgIpc) is 3.45. The molecule has 0 aliphatic heterocycles. The van der Waals surface area contributed by atoms with Crippen LogP contribution in [-0.4, -0.2) is 29.7 Å². The van der Waals surface area contributed by atoms with E-state index in [1.807, 2.05) is 54.6 Å². The van der Waals surface area contributed by atoms with Gasteiger partial charge in [0.15, 0.2) is 0 Å². The van der Waals surface area contributed by atoms with E-state index in [1.165, 1.54) is 51.0 Å². The van der Waals surface area contributed by atoms with Crippen LogP contribution in [0.25, 0.3) is 0 Å². The molecule has 2 radical (unpaired) electrons. The third-order valence-corrected chi connectivity index (χ3v) is 6.06. The van der Waals surface area contributed by atoms with Gasteiger partial charge in [-0.15, -0.1) is 5.76 Å². The quantitative estimate of drug-likeness (QED) is 0.125. The second-order valence-corrected chi connectivity index (χ2v) is 8.27. The van der Waals surface area contributed by atoms with E-state index in [0.717, 1.165) is 21.5 Å². The van der Waals surface area contributed by atoms with E-state index in [1.54, 1.807) is 14.2 Å². The normalized spacial score (nSPS) is 12.0. The summed E-state index contributed by atoms with van der Waals surface area (Å²) < 4.78 is 10.4. The molecule has 3 nitrogen and oxygen atoms in total. The molecule has 29 heavy (non-hydrogen) atoms. The largest absolute Gasteiger partial charge is 2.00 e. The second-order valence-electron chi connectivity index (χ2n) is 6.89. The first-order valence-corrected chi connectivity index (χ1v) is 11.8. The molecular weight excluding hydrogens is 420 g/mol. The van der Waals surface area contributed by atoms with Gasteiger partial charge in [0.05, 0.1) is 0 Å². The summed E-state index contributed by atoms with van der Waals surface area (Å²) in [7, 11) is 4.15. The maximum absolute atomic E-state index is 11.8. The predicted molar refractivity (Wildman–Crippen MR) is 117 cm³/mol. The van der Waals surface area contributed by atoms with Crippen LogP contribution in [0.2, 0.25) is 6.04 Å². The van der Waals surface area contributed by atoms with Gasteiger partial charge < -0.3 is 14.6 Å². The van der Waals surface area contributed by atoms with E-state index < -0.39 is 0 Å². The molecule has 1 aliphatic rings. The van der Waals surface area contributed by atoms with E-state index in [2.05, 4.69) is 0 Å². The van der Waals surface area contributed by atoms with Gasteiger partial charge in [0, 0.05) is 14.2 Å². The smallest absolute Gasteiger partial charge is 0.875 e. The topological polar surface area (TPSA) is 41.5 Å². The monoisotopic (exact) mass is 456 g/mol. The van der Waals surface area contributed by atoms with Crippen LogP contribution in [-0.2, 0) is 26.5 Å². The van der Waals surface area contributed by atoms with Gasteiger partial charge in [-0.2, -0.15) is 18.2 Å². The molecule has 0 atom stereocenters. The molecule has 1 aliphatic carbocycles. The van der Waals surface area contributed by atoms with Crippen molar-refractivity contribution in [3.63, 3.8) is 0 Å². The average molecular weight is 456 g/mol. The van der Waals surface area contributed by atoms with Crippen LogP contribution in [0.3, 0.4) is 0 Å². The molecule has 0 fully saturated rings. The van der Waals surface area contributed by atoms with Crippen LogP contribution in [0.1, 0.15) is 57.8 Å². The molecule has 0 saturated carbocycles. The van der Waals surface area contributed by atoms with Gasteiger partial charge in [-0.1, -0.05) is 81.7 Å². The van der Waals surface area contributed by atoms with Crippen molar-refractivity contribution >= 4 is 9.52 Å². The van der Waals surface area contributed by atoms with E-state index in [9.17, 15) is 5.11 Å². The Balaban J connectivity index is 0.00000113. The van der Waals surface area contributed by atoms with Gasteiger partial charge in [-0.3, -0.25) is 0 Å². The van der Waals surface area contributed by atoms with Gasteiger partial charge in [0.2, 0.25) is 0 Å². The maximum atomic E-state index is 11.8. The zero-order valence-electron chi connectivity index (χ0n) is 17.9. The number of methoxy groups -OCH3 is 2. The zero-order chi connectivity index (χ0) is 20.3. The van der Waals surface area contributed by atoms with Crippen molar-refractivity contribution in [2.24, 2.45) is 0 Å². The molecule has 5 heteroatoms.